The number of aryl methyl sites for hydroxylation is 2. The monoisotopic (exact) mass is 511 g/mol. The topological polar surface area (TPSA) is 94.8 Å². The number of esters is 1. The zero-order valence-electron chi connectivity index (χ0n) is 21.6. The highest BCUT2D eigenvalue weighted by molar-refractivity contribution is 7.98. The van der Waals surface area contributed by atoms with Crippen molar-refractivity contribution >= 4 is 34.8 Å². The van der Waals surface area contributed by atoms with Crippen molar-refractivity contribution in [1.82, 2.24) is 5.32 Å². The van der Waals surface area contributed by atoms with E-state index < -0.39 is 29.3 Å². The molecule has 0 unspecified atom stereocenters. The van der Waals surface area contributed by atoms with Crippen molar-refractivity contribution in [2.45, 2.75) is 59.1 Å². The Kier molecular flexibility index (Phi) is 8.84. The van der Waals surface area contributed by atoms with Crippen molar-refractivity contribution in [3.8, 4) is 5.75 Å². The Balaban J connectivity index is 1.97. The smallest absolute Gasteiger partial charge is 0.408 e. The summed E-state index contributed by atoms with van der Waals surface area (Å²) in [6.07, 6.45) is 2.00. The fourth-order valence-corrected chi connectivity index (χ4v) is 4.31. The summed E-state index contributed by atoms with van der Waals surface area (Å²) in [4.78, 5) is 38.4. The van der Waals surface area contributed by atoms with Crippen LogP contribution in [0.1, 0.15) is 49.4 Å². The van der Waals surface area contributed by atoms with E-state index in [0.717, 1.165) is 11.1 Å². The van der Waals surface area contributed by atoms with E-state index in [0.29, 0.717) is 40.7 Å². The average Bonchev–Trinajstić information content (AvgIpc) is 2.78. The van der Waals surface area contributed by atoms with Gasteiger partial charge in [0.15, 0.2) is 0 Å². The number of benzene rings is 2. The molecular weight excluding hydrogens is 478 g/mol. The molecule has 3 rings (SSSR count). The van der Waals surface area contributed by atoms with Crippen LogP contribution in [-0.4, -0.2) is 35.7 Å². The van der Waals surface area contributed by atoms with Gasteiger partial charge in [0.2, 0.25) is 0 Å². The number of hydrogen-bond acceptors (Lipinski definition) is 7. The van der Waals surface area contributed by atoms with Gasteiger partial charge in [-0.25, -0.2) is 14.4 Å². The van der Waals surface area contributed by atoms with Crippen molar-refractivity contribution < 1.29 is 23.5 Å². The lowest BCUT2D eigenvalue weighted by Crippen LogP contribution is -2.45. The molecule has 1 N–H and O–H groups in total. The molecule has 2 aromatic carbocycles. The molecular formula is C28H33NO6S. The Morgan fingerprint density at radius 1 is 1.11 bits per heavy atom. The van der Waals surface area contributed by atoms with E-state index in [-0.39, 0.29) is 5.75 Å². The van der Waals surface area contributed by atoms with Crippen LogP contribution in [0.5, 0.6) is 5.75 Å². The first kappa shape index (κ1) is 27.3. The van der Waals surface area contributed by atoms with E-state index >= 15 is 0 Å². The van der Waals surface area contributed by atoms with Crippen LogP contribution in [0.2, 0.25) is 0 Å². The maximum atomic E-state index is 13.2. The Morgan fingerprint density at radius 3 is 2.44 bits per heavy atom. The number of nitrogens with one attached hydrogen (secondary N) is 1. The second-order valence-corrected chi connectivity index (χ2v) is 10.7. The number of hydrogen-bond donors (Lipinski definition) is 1. The molecule has 0 saturated heterocycles. The number of fused-ring (bicyclic) bond motifs is 1. The van der Waals surface area contributed by atoms with Crippen LogP contribution in [0.25, 0.3) is 11.0 Å². The summed E-state index contributed by atoms with van der Waals surface area (Å²) < 4.78 is 16.8. The van der Waals surface area contributed by atoms with Crippen LogP contribution < -0.4 is 15.7 Å². The zero-order chi connectivity index (χ0) is 26.5. The van der Waals surface area contributed by atoms with E-state index in [4.69, 9.17) is 13.9 Å². The second kappa shape index (κ2) is 11.6. The minimum atomic E-state index is -0.900. The standard InChI is InChI=1S/C28H33NO6S/c1-17-14-22-24(18(2)20(25(30)33-22)16-19-10-8-7-9-11-19)23(15-17)34-26(31)21(12-13-36-6)29-27(32)35-28(3,4)5/h7-11,14-15,21H,12-13,16H2,1-6H3,(H,29,32)/t21-/m1/s1. The van der Waals surface area contributed by atoms with E-state index in [1.54, 1.807) is 44.7 Å². The normalized spacial score (nSPS) is 12.3. The van der Waals surface area contributed by atoms with Crippen molar-refractivity contribution in [1.29, 1.82) is 0 Å². The molecule has 0 bridgehead atoms. The van der Waals surface area contributed by atoms with Gasteiger partial charge < -0.3 is 19.2 Å². The Labute approximate surface area is 215 Å². The molecule has 3 aromatic rings. The quantitative estimate of drug-likeness (QED) is 0.241. The number of carbonyl (C=O) groups excluding carboxylic acids is 2. The Hall–Kier alpha value is -3.26. The van der Waals surface area contributed by atoms with Gasteiger partial charge in [-0.2, -0.15) is 11.8 Å². The third kappa shape index (κ3) is 7.13. The number of thioether (sulfide) groups is 1. The molecule has 0 spiro atoms. The molecule has 0 aliphatic carbocycles. The largest absolute Gasteiger partial charge is 0.444 e. The number of ether oxygens (including phenoxy) is 2. The van der Waals surface area contributed by atoms with E-state index in [9.17, 15) is 14.4 Å². The molecule has 0 aliphatic heterocycles. The first-order chi connectivity index (χ1) is 17.0. The van der Waals surface area contributed by atoms with Gasteiger partial charge in [0.05, 0.1) is 5.39 Å². The Morgan fingerprint density at radius 2 is 1.81 bits per heavy atom. The minimum Gasteiger partial charge on any atom is -0.444 e. The molecule has 1 heterocycles. The summed E-state index contributed by atoms with van der Waals surface area (Å²) in [5, 5.41) is 3.19. The Bertz CT molecular complexity index is 1290. The highest BCUT2D eigenvalue weighted by Crippen LogP contribution is 2.32. The SMILES string of the molecule is CSCC[C@@H](NC(=O)OC(C)(C)C)C(=O)Oc1cc(C)cc2oc(=O)c(Cc3ccccc3)c(C)c12. The highest BCUT2D eigenvalue weighted by Gasteiger charge is 2.27. The number of rotatable bonds is 8. The first-order valence-electron chi connectivity index (χ1n) is 11.8. The summed E-state index contributed by atoms with van der Waals surface area (Å²) in [6, 6.07) is 12.2. The van der Waals surface area contributed by atoms with E-state index in [2.05, 4.69) is 5.32 Å². The predicted octanol–water partition coefficient (Wildman–Crippen LogP) is 5.55. The fourth-order valence-electron chi connectivity index (χ4n) is 3.84. The van der Waals surface area contributed by atoms with Crippen LogP contribution in [-0.2, 0) is 16.0 Å². The lowest BCUT2D eigenvalue weighted by Gasteiger charge is -2.23. The minimum absolute atomic E-state index is 0.283. The molecule has 8 heteroatoms. The van der Waals surface area contributed by atoms with Gasteiger partial charge >= 0.3 is 17.7 Å². The summed E-state index contributed by atoms with van der Waals surface area (Å²) in [5.41, 5.74) is 2.15. The van der Waals surface area contributed by atoms with Crippen molar-refractivity contribution in [2.75, 3.05) is 12.0 Å². The van der Waals surface area contributed by atoms with Crippen LogP contribution in [0.3, 0.4) is 0 Å². The van der Waals surface area contributed by atoms with Crippen LogP contribution in [0, 0.1) is 13.8 Å². The van der Waals surface area contributed by atoms with Crippen LogP contribution in [0.4, 0.5) is 4.79 Å². The van der Waals surface area contributed by atoms with Crippen LogP contribution >= 0.6 is 11.8 Å². The maximum Gasteiger partial charge on any atom is 0.408 e. The molecule has 7 nitrogen and oxygen atoms in total. The van der Waals surface area contributed by atoms with Gasteiger partial charge in [0.25, 0.3) is 0 Å². The fraction of sp³-hybridized carbons (Fsp3) is 0.393. The molecule has 0 saturated carbocycles. The molecule has 1 atom stereocenters. The maximum absolute atomic E-state index is 13.2. The van der Waals surface area contributed by atoms with Gasteiger partial charge in [0.1, 0.15) is 23.0 Å². The number of alkyl carbamates (subject to hydrolysis) is 1. The molecule has 1 aromatic heterocycles. The third-order valence-corrected chi connectivity index (χ3v) is 6.15. The predicted molar refractivity (Wildman–Crippen MR) is 143 cm³/mol. The van der Waals surface area contributed by atoms with Gasteiger partial charge in [-0.05, 0) is 81.9 Å². The summed E-state index contributed by atoms with van der Waals surface area (Å²) >= 11 is 1.56. The first-order valence-corrected chi connectivity index (χ1v) is 13.2. The van der Waals surface area contributed by atoms with Crippen molar-refractivity contribution in [2.24, 2.45) is 0 Å². The number of amides is 1. The molecule has 1 amide bonds. The highest BCUT2D eigenvalue weighted by atomic mass is 32.2. The van der Waals surface area contributed by atoms with E-state index in [1.807, 2.05) is 50.4 Å². The molecule has 0 fully saturated rings. The molecule has 0 aliphatic rings. The zero-order valence-corrected chi connectivity index (χ0v) is 22.4. The molecule has 192 valence electrons. The third-order valence-electron chi connectivity index (χ3n) is 5.51. The van der Waals surface area contributed by atoms with Gasteiger partial charge in [-0.3, -0.25) is 0 Å². The second-order valence-electron chi connectivity index (χ2n) is 9.69. The summed E-state index contributed by atoms with van der Waals surface area (Å²) in [5.74, 6) is 0.307. The molecule has 0 radical (unpaired) electrons. The van der Waals surface area contributed by atoms with Gasteiger partial charge in [-0.1, -0.05) is 30.3 Å². The molecule has 36 heavy (non-hydrogen) atoms. The van der Waals surface area contributed by atoms with E-state index in [1.165, 1.54) is 0 Å². The van der Waals surface area contributed by atoms with Gasteiger partial charge in [-0.15, -0.1) is 0 Å². The number of carbonyl (C=O) groups is 2. The van der Waals surface area contributed by atoms with Crippen LogP contribution in [0.15, 0.2) is 51.7 Å². The average molecular weight is 512 g/mol. The van der Waals surface area contributed by atoms with Crippen molar-refractivity contribution in [3.63, 3.8) is 0 Å². The van der Waals surface area contributed by atoms with Gasteiger partial charge in [0, 0.05) is 12.0 Å². The lowest BCUT2D eigenvalue weighted by atomic mass is 9.98. The summed E-state index contributed by atoms with van der Waals surface area (Å²) in [7, 11) is 0. The van der Waals surface area contributed by atoms with Crippen molar-refractivity contribution in [3.05, 3.63) is 75.1 Å². The lowest BCUT2D eigenvalue weighted by molar-refractivity contribution is -0.136. The summed E-state index contributed by atoms with van der Waals surface area (Å²) in [6.45, 7) is 8.92.